The van der Waals surface area contributed by atoms with Crippen LogP contribution in [0, 0.1) is 5.82 Å². The second kappa shape index (κ2) is 4.04. The predicted octanol–water partition coefficient (Wildman–Crippen LogP) is 4.88. The molecule has 2 aromatic carbocycles. The van der Waals surface area contributed by atoms with E-state index in [-0.39, 0.29) is 5.82 Å². The molecule has 0 fully saturated rings. The lowest BCUT2D eigenvalue weighted by atomic mass is 10.1. The van der Waals surface area contributed by atoms with Gasteiger partial charge in [0.2, 0.25) is 0 Å². The van der Waals surface area contributed by atoms with E-state index in [4.69, 9.17) is 4.98 Å². The van der Waals surface area contributed by atoms with Gasteiger partial charge >= 0.3 is 0 Å². The third kappa shape index (κ3) is 1.40. The Bertz CT molecular complexity index is 1120. The second-order valence-corrected chi connectivity index (χ2v) is 5.47. The molecule has 0 amide bonds. The molecule has 104 valence electrons. The van der Waals surface area contributed by atoms with Gasteiger partial charge in [0.25, 0.3) is 0 Å². The fraction of sp³-hybridized carbons (Fsp3) is 0. The summed E-state index contributed by atoms with van der Waals surface area (Å²) >= 11 is 0. The van der Waals surface area contributed by atoms with Crippen LogP contribution in [0.15, 0.2) is 66.7 Å². The van der Waals surface area contributed by atoms with Crippen LogP contribution >= 0.6 is 0 Å². The minimum Gasteiger partial charge on any atom is -0.292 e. The van der Waals surface area contributed by atoms with E-state index in [1.54, 1.807) is 12.1 Å². The zero-order chi connectivity index (χ0) is 14.7. The molecule has 22 heavy (non-hydrogen) atoms. The molecule has 0 saturated carbocycles. The molecule has 0 unspecified atom stereocenters. The minimum absolute atomic E-state index is 0.231. The largest absolute Gasteiger partial charge is 0.292 e. The first-order chi connectivity index (χ1) is 10.8. The number of hydrogen-bond donors (Lipinski definition) is 0. The second-order valence-electron chi connectivity index (χ2n) is 5.47. The summed E-state index contributed by atoms with van der Waals surface area (Å²) in [5, 5.41) is 2.39. The van der Waals surface area contributed by atoms with E-state index in [0.717, 1.165) is 27.9 Å². The smallest absolute Gasteiger partial charge is 0.138 e. The Morgan fingerprint density at radius 2 is 1.55 bits per heavy atom. The molecule has 0 bridgehead atoms. The van der Waals surface area contributed by atoms with Crippen LogP contribution in [0.2, 0.25) is 0 Å². The van der Waals surface area contributed by atoms with Gasteiger partial charge in [-0.2, -0.15) is 0 Å². The Labute approximate surface area is 125 Å². The van der Waals surface area contributed by atoms with Gasteiger partial charge in [-0.3, -0.25) is 4.40 Å². The zero-order valence-corrected chi connectivity index (χ0v) is 11.6. The maximum Gasteiger partial charge on any atom is 0.138 e. The molecular formula is C19H11FN2. The van der Waals surface area contributed by atoms with Crippen LogP contribution in [0.25, 0.3) is 38.7 Å². The van der Waals surface area contributed by atoms with Gasteiger partial charge in [0.15, 0.2) is 0 Å². The van der Waals surface area contributed by atoms with Gasteiger partial charge in [0.1, 0.15) is 11.5 Å². The van der Waals surface area contributed by atoms with Crippen molar-refractivity contribution in [2.45, 2.75) is 0 Å². The first-order valence-corrected chi connectivity index (χ1v) is 7.20. The highest BCUT2D eigenvalue weighted by Crippen LogP contribution is 2.36. The Morgan fingerprint density at radius 3 is 2.36 bits per heavy atom. The molecule has 0 aliphatic rings. The van der Waals surface area contributed by atoms with Crippen molar-refractivity contribution < 1.29 is 4.39 Å². The summed E-state index contributed by atoms with van der Waals surface area (Å²) in [5.41, 5.74) is 5.00. The van der Waals surface area contributed by atoms with Crippen molar-refractivity contribution in [1.29, 1.82) is 0 Å². The molecule has 0 aliphatic carbocycles. The number of imidazole rings is 1. The van der Waals surface area contributed by atoms with Crippen LogP contribution < -0.4 is 0 Å². The van der Waals surface area contributed by atoms with Crippen molar-refractivity contribution in [3.63, 3.8) is 0 Å². The summed E-state index contributed by atoms with van der Waals surface area (Å²) in [5.74, 6) is -0.231. The van der Waals surface area contributed by atoms with Gasteiger partial charge < -0.3 is 0 Å². The molecule has 0 saturated heterocycles. The van der Waals surface area contributed by atoms with E-state index in [9.17, 15) is 4.39 Å². The molecular weight excluding hydrogens is 275 g/mol. The van der Waals surface area contributed by atoms with Crippen molar-refractivity contribution in [2.24, 2.45) is 0 Å². The van der Waals surface area contributed by atoms with Crippen LogP contribution in [0.4, 0.5) is 4.39 Å². The van der Waals surface area contributed by atoms with Crippen molar-refractivity contribution >= 4 is 27.5 Å². The van der Waals surface area contributed by atoms with E-state index in [1.807, 2.05) is 18.2 Å². The van der Waals surface area contributed by atoms with Gasteiger partial charge in [-0.1, -0.05) is 30.3 Å². The monoisotopic (exact) mass is 286 g/mol. The summed E-state index contributed by atoms with van der Waals surface area (Å²) in [4.78, 5) is 4.76. The molecule has 0 spiro atoms. The van der Waals surface area contributed by atoms with Gasteiger partial charge in [-0.15, -0.1) is 0 Å². The number of rotatable bonds is 1. The SMILES string of the molecule is Fc1ccc(-c2nc3cccc4c5ccccc5c2n34)cc1. The van der Waals surface area contributed by atoms with Gasteiger partial charge in [0, 0.05) is 16.3 Å². The van der Waals surface area contributed by atoms with Gasteiger partial charge in [-0.25, -0.2) is 9.37 Å². The normalized spacial score (nSPS) is 11.9. The highest BCUT2D eigenvalue weighted by Gasteiger charge is 2.17. The first-order valence-electron chi connectivity index (χ1n) is 7.20. The standard InChI is InChI=1S/C19H11FN2/c20-13-10-8-12(9-11-13)18-19-15-5-2-1-4-14(15)16-6-3-7-17(21-18)22(16)19/h1-11H. The van der Waals surface area contributed by atoms with Crippen molar-refractivity contribution in [2.75, 3.05) is 0 Å². The summed E-state index contributed by atoms with van der Waals surface area (Å²) < 4.78 is 15.4. The molecule has 0 aliphatic heterocycles. The average molecular weight is 286 g/mol. The highest BCUT2D eigenvalue weighted by atomic mass is 19.1. The maximum atomic E-state index is 13.2. The number of pyridine rings is 1. The summed E-state index contributed by atoms with van der Waals surface area (Å²) in [6.45, 7) is 0. The zero-order valence-electron chi connectivity index (χ0n) is 11.6. The molecule has 0 radical (unpaired) electrons. The maximum absolute atomic E-state index is 13.2. The van der Waals surface area contributed by atoms with E-state index in [1.165, 1.54) is 22.9 Å². The topological polar surface area (TPSA) is 17.3 Å². The van der Waals surface area contributed by atoms with Gasteiger partial charge in [0.05, 0.1) is 16.7 Å². The van der Waals surface area contributed by atoms with Crippen LogP contribution in [0.5, 0.6) is 0 Å². The molecule has 3 heteroatoms. The first kappa shape index (κ1) is 11.7. The van der Waals surface area contributed by atoms with Crippen molar-refractivity contribution in [3.05, 3.63) is 72.5 Å². The number of benzene rings is 2. The fourth-order valence-electron chi connectivity index (χ4n) is 3.27. The molecule has 0 N–H and O–H groups in total. The summed E-state index contributed by atoms with van der Waals surface area (Å²) in [6.07, 6.45) is 0. The summed E-state index contributed by atoms with van der Waals surface area (Å²) in [7, 11) is 0. The van der Waals surface area contributed by atoms with E-state index in [2.05, 4.69) is 28.7 Å². The number of halogens is 1. The highest BCUT2D eigenvalue weighted by molar-refractivity contribution is 6.13. The lowest BCUT2D eigenvalue weighted by Gasteiger charge is -1.98. The van der Waals surface area contributed by atoms with Crippen molar-refractivity contribution in [3.8, 4) is 11.3 Å². The average Bonchev–Trinajstić information content (AvgIpc) is 3.10. The van der Waals surface area contributed by atoms with E-state index >= 15 is 0 Å². The van der Waals surface area contributed by atoms with Gasteiger partial charge in [-0.05, 0) is 36.4 Å². The predicted molar refractivity (Wildman–Crippen MR) is 86.8 cm³/mol. The fourth-order valence-corrected chi connectivity index (χ4v) is 3.27. The van der Waals surface area contributed by atoms with Crippen LogP contribution in [0.1, 0.15) is 0 Å². The third-order valence-corrected chi connectivity index (χ3v) is 4.22. The molecule has 5 aromatic rings. The number of hydrogen-bond acceptors (Lipinski definition) is 1. The summed E-state index contributed by atoms with van der Waals surface area (Å²) in [6, 6.07) is 21.0. The molecule has 3 heterocycles. The van der Waals surface area contributed by atoms with Crippen molar-refractivity contribution in [1.82, 2.24) is 9.38 Å². The molecule has 2 nitrogen and oxygen atoms in total. The lowest BCUT2D eigenvalue weighted by Crippen LogP contribution is -1.80. The van der Waals surface area contributed by atoms with E-state index < -0.39 is 0 Å². The van der Waals surface area contributed by atoms with Crippen LogP contribution in [-0.2, 0) is 0 Å². The quantitative estimate of drug-likeness (QED) is 0.429. The molecule has 3 aromatic heterocycles. The van der Waals surface area contributed by atoms with Crippen LogP contribution in [-0.4, -0.2) is 9.38 Å². The number of nitrogens with zero attached hydrogens (tertiary/aromatic N) is 2. The molecule has 5 rings (SSSR count). The Balaban J connectivity index is 2.01. The Kier molecular flexibility index (Phi) is 2.15. The van der Waals surface area contributed by atoms with Crippen LogP contribution in [0.3, 0.4) is 0 Å². The Morgan fingerprint density at radius 1 is 0.773 bits per heavy atom. The molecule has 0 atom stereocenters. The minimum atomic E-state index is -0.231. The third-order valence-electron chi connectivity index (χ3n) is 4.22. The Hall–Kier alpha value is -2.94. The number of aromatic nitrogens is 2. The lowest BCUT2D eigenvalue weighted by molar-refractivity contribution is 0.628. The number of fused-ring (bicyclic) bond motifs is 3. The van der Waals surface area contributed by atoms with E-state index in [0.29, 0.717) is 0 Å².